The van der Waals surface area contributed by atoms with Crippen LogP contribution in [-0.2, 0) is 0 Å². The number of nitrogens with zero attached hydrogens (tertiary/aromatic N) is 2. The lowest BCUT2D eigenvalue weighted by atomic mass is 10.1. The summed E-state index contributed by atoms with van der Waals surface area (Å²) in [7, 11) is 0. The smallest absolute Gasteiger partial charge is 0.319 e. The molecule has 2 fully saturated rings. The van der Waals surface area contributed by atoms with Crippen LogP contribution in [0.1, 0.15) is 36.0 Å². The van der Waals surface area contributed by atoms with E-state index >= 15 is 0 Å². The molecule has 0 unspecified atom stereocenters. The summed E-state index contributed by atoms with van der Waals surface area (Å²) in [4.78, 5) is 39.7. The van der Waals surface area contributed by atoms with Crippen molar-refractivity contribution in [2.75, 3.05) is 44.6 Å². The number of carbonyl (C=O) groups is 3. The minimum atomic E-state index is -0.353. The van der Waals surface area contributed by atoms with Crippen molar-refractivity contribution in [1.82, 2.24) is 20.4 Å². The Morgan fingerprint density at radius 3 is 2.56 bits per heavy atom. The summed E-state index contributed by atoms with van der Waals surface area (Å²) in [6, 6.07) is 6.57. The van der Waals surface area contributed by atoms with Gasteiger partial charge in [0, 0.05) is 50.5 Å². The monoisotopic (exact) mass is 373 g/mol. The molecule has 2 aliphatic rings. The molecule has 8 heteroatoms. The average molecular weight is 373 g/mol. The molecule has 0 saturated carbocycles. The van der Waals surface area contributed by atoms with Gasteiger partial charge in [-0.2, -0.15) is 0 Å². The number of carbonyl (C=O) groups excluding carboxylic acids is 3. The van der Waals surface area contributed by atoms with E-state index < -0.39 is 0 Å². The first kappa shape index (κ1) is 19.0. The SMILES string of the molecule is O=C(NCCN1CCNC1=O)Nc1cccc(C(=O)N2CCCCCC2)c1. The molecule has 3 N–H and O–H groups in total. The zero-order valence-corrected chi connectivity index (χ0v) is 15.5. The number of amides is 5. The maximum Gasteiger partial charge on any atom is 0.319 e. The number of anilines is 1. The normalized spacial score (nSPS) is 17.3. The van der Waals surface area contributed by atoms with E-state index in [1.54, 1.807) is 29.2 Å². The van der Waals surface area contributed by atoms with Crippen molar-refractivity contribution in [1.29, 1.82) is 0 Å². The van der Waals surface area contributed by atoms with Crippen molar-refractivity contribution in [3.8, 4) is 0 Å². The Bertz CT molecular complexity index is 686. The van der Waals surface area contributed by atoms with Crippen LogP contribution in [-0.4, -0.2) is 67.0 Å². The molecule has 3 rings (SSSR count). The first-order valence-corrected chi connectivity index (χ1v) is 9.60. The van der Waals surface area contributed by atoms with E-state index in [0.29, 0.717) is 37.4 Å². The summed E-state index contributed by atoms with van der Waals surface area (Å²) in [5.41, 5.74) is 1.16. The number of nitrogens with one attached hydrogen (secondary N) is 3. The third kappa shape index (κ3) is 5.35. The van der Waals surface area contributed by atoms with E-state index in [1.165, 1.54) is 12.8 Å². The Labute approximate surface area is 159 Å². The highest BCUT2D eigenvalue weighted by molar-refractivity contribution is 5.97. The van der Waals surface area contributed by atoms with Gasteiger partial charge in [0.2, 0.25) is 0 Å². The maximum atomic E-state index is 12.7. The van der Waals surface area contributed by atoms with Crippen LogP contribution < -0.4 is 16.0 Å². The second-order valence-electron chi connectivity index (χ2n) is 6.89. The number of likely N-dealkylation sites (tertiary alicyclic amines) is 1. The van der Waals surface area contributed by atoms with E-state index in [-0.39, 0.29) is 18.0 Å². The minimum absolute atomic E-state index is 0.0148. The molecular weight excluding hydrogens is 346 g/mol. The maximum absolute atomic E-state index is 12.7. The fourth-order valence-electron chi connectivity index (χ4n) is 3.39. The average Bonchev–Trinajstić information content (AvgIpc) is 2.91. The van der Waals surface area contributed by atoms with Gasteiger partial charge < -0.3 is 25.8 Å². The molecule has 5 amide bonds. The molecular formula is C19H27N5O3. The molecule has 8 nitrogen and oxygen atoms in total. The van der Waals surface area contributed by atoms with E-state index in [1.807, 2.05) is 4.90 Å². The molecule has 0 spiro atoms. The molecule has 1 aromatic rings. The lowest BCUT2D eigenvalue weighted by Gasteiger charge is -2.20. The van der Waals surface area contributed by atoms with Gasteiger partial charge in [-0.05, 0) is 31.0 Å². The van der Waals surface area contributed by atoms with Gasteiger partial charge in [-0.3, -0.25) is 4.79 Å². The number of rotatable bonds is 5. The number of benzene rings is 1. The van der Waals surface area contributed by atoms with Gasteiger partial charge in [0.05, 0.1) is 0 Å². The van der Waals surface area contributed by atoms with Gasteiger partial charge in [-0.15, -0.1) is 0 Å². The molecule has 146 valence electrons. The molecule has 0 radical (unpaired) electrons. The van der Waals surface area contributed by atoms with Crippen LogP contribution in [0, 0.1) is 0 Å². The summed E-state index contributed by atoms with van der Waals surface area (Å²) in [6.07, 6.45) is 4.43. The highest BCUT2D eigenvalue weighted by Crippen LogP contribution is 2.16. The highest BCUT2D eigenvalue weighted by Gasteiger charge is 2.19. The van der Waals surface area contributed by atoms with Crippen molar-refractivity contribution < 1.29 is 14.4 Å². The van der Waals surface area contributed by atoms with Gasteiger partial charge in [0.25, 0.3) is 5.91 Å². The zero-order valence-electron chi connectivity index (χ0n) is 15.5. The molecule has 0 bridgehead atoms. The Morgan fingerprint density at radius 1 is 1.07 bits per heavy atom. The predicted octanol–water partition coefficient (Wildman–Crippen LogP) is 1.85. The Morgan fingerprint density at radius 2 is 1.85 bits per heavy atom. The molecule has 0 aromatic heterocycles. The first-order valence-electron chi connectivity index (χ1n) is 9.60. The van der Waals surface area contributed by atoms with E-state index in [9.17, 15) is 14.4 Å². The molecule has 27 heavy (non-hydrogen) atoms. The summed E-state index contributed by atoms with van der Waals surface area (Å²) in [5.74, 6) is 0.0148. The van der Waals surface area contributed by atoms with Gasteiger partial charge in [-0.1, -0.05) is 18.9 Å². The largest absolute Gasteiger partial charge is 0.339 e. The van der Waals surface area contributed by atoms with Gasteiger partial charge in [0.1, 0.15) is 0 Å². The summed E-state index contributed by atoms with van der Waals surface area (Å²) < 4.78 is 0. The second kappa shape index (κ2) is 9.25. The summed E-state index contributed by atoms with van der Waals surface area (Å²) in [5, 5.41) is 8.20. The van der Waals surface area contributed by atoms with Crippen LogP contribution in [0.25, 0.3) is 0 Å². The molecule has 1 aromatic carbocycles. The third-order valence-corrected chi connectivity index (χ3v) is 4.87. The van der Waals surface area contributed by atoms with Gasteiger partial charge in [-0.25, -0.2) is 9.59 Å². The van der Waals surface area contributed by atoms with Crippen molar-refractivity contribution in [2.45, 2.75) is 25.7 Å². The van der Waals surface area contributed by atoms with Crippen molar-refractivity contribution in [3.05, 3.63) is 29.8 Å². The van der Waals surface area contributed by atoms with Crippen molar-refractivity contribution in [3.63, 3.8) is 0 Å². The molecule has 0 aliphatic carbocycles. The van der Waals surface area contributed by atoms with Crippen LogP contribution >= 0.6 is 0 Å². The van der Waals surface area contributed by atoms with Crippen LogP contribution in [0.3, 0.4) is 0 Å². The van der Waals surface area contributed by atoms with Crippen LogP contribution in [0.4, 0.5) is 15.3 Å². The highest BCUT2D eigenvalue weighted by atomic mass is 16.2. The number of urea groups is 2. The molecule has 2 saturated heterocycles. The minimum Gasteiger partial charge on any atom is -0.339 e. The topological polar surface area (TPSA) is 93.8 Å². The zero-order chi connectivity index (χ0) is 19.1. The number of hydrogen-bond donors (Lipinski definition) is 3. The Balaban J connectivity index is 1.49. The van der Waals surface area contributed by atoms with Gasteiger partial charge in [0.15, 0.2) is 0 Å². The van der Waals surface area contributed by atoms with E-state index in [4.69, 9.17) is 0 Å². The van der Waals surface area contributed by atoms with Crippen LogP contribution in [0.2, 0.25) is 0 Å². The fourth-order valence-corrected chi connectivity index (χ4v) is 3.39. The molecule has 2 aliphatic heterocycles. The number of hydrogen-bond acceptors (Lipinski definition) is 3. The first-order chi connectivity index (χ1) is 13.1. The van der Waals surface area contributed by atoms with E-state index in [2.05, 4.69) is 16.0 Å². The molecule has 2 heterocycles. The molecule has 0 atom stereocenters. The van der Waals surface area contributed by atoms with Crippen LogP contribution in [0.15, 0.2) is 24.3 Å². The van der Waals surface area contributed by atoms with Crippen LogP contribution in [0.5, 0.6) is 0 Å². The lowest BCUT2D eigenvalue weighted by molar-refractivity contribution is 0.0761. The Kier molecular flexibility index (Phi) is 6.51. The summed E-state index contributed by atoms with van der Waals surface area (Å²) in [6.45, 7) is 3.71. The second-order valence-corrected chi connectivity index (χ2v) is 6.89. The quantitative estimate of drug-likeness (QED) is 0.735. The standard InChI is InChI=1S/C19H27N5O3/c25-17(23-10-3-1-2-4-11-23)15-6-5-7-16(14-15)22-18(26)20-8-12-24-13-9-21-19(24)27/h5-7,14H,1-4,8-13H2,(H,21,27)(H2,20,22,26). The fraction of sp³-hybridized carbons (Fsp3) is 0.526. The predicted molar refractivity (Wildman–Crippen MR) is 103 cm³/mol. The third-order valence-electron chi connectivity index (χ3n) is 4.87. The Hall–Kier alpha value is -2.77. The van der Waals surface area contributed by atoms with Crippen molar-refractivity contribution >= 4 is 23.7 Å². The van der Waals surface area contributed by atoms with Gasteiger partial charge >= 0.3 is 12.1 Å². The van der Waals surface area contributed by atoms with Crippen molar-refractivity contribution in [2.24, 2.45) is 0 Å². The lowest BCUT2D eigenvalue weighted by Crippen LogP contribution is -2.38. The summed E-state index contributed by atoms with van der Waals surface area (Å²) >= 11 is 0. The van der Waals surface area contributed by atoms with E-state index in [0.717, 1.165) is 25.9 Å².